The lowest BCUT2D eigenvalue weighted by molar-refractivity contribution is -0.116. The Bertz CT molecular complexity index is 1050. The third-order valence-corrected chi connectivity index (χ3v) is 4.61. The molecule has 3 aromatic rings. The van der Waals surface area contributed by atoms with Crippen LogP contribution in [0.4, 0.5) is 17.2 Å². The lowest BCUT2D eigenvalue weighted by Gasteiger charge is -2.26. The summed E-state index contributed by atoms with van der Waals surface area (Å²) in [5.41, 5.74) is 2.62. The van der Waals surface area contributed by atoms with Crippen molar-refractivity contribution in [2.24, 2.45) is 0 Å². The van der Waals surface area contributed by atoms with Crippen molar-refractivity contribution in [2.75, 3.05) is 29.1 Å². The first-order chi connectivity index (χ1) is 14.1. The van der Waals surface area contributed by atoms with Crippen LogP contribution in [-0.4, -0.2) is 30.4 Å². The monoisotopic (exact) mass is 388 g/mol. The highest BCUT2D eigenvalue weighted by atomic mass is 16.5. The molecule has 0 radical (unpaired) electrons. The summed E-state index contributed by atoms with van der Waals surface area (Å²) in [4.78, 5) is 30.3. The normalized spacial score (nSPS) is 12.7. The number of amides is 2. The van der Waals surface area contributed by atoms with Crippen molar-refractivity contribution in [3.63, 3.8) is 0 Å². The van der Waals surface area contributed by atoms with Crippen molar-refractivity contribution in [1.82, 2.24) is 4.98 Å². The number of nitrogens with one attached hydrogen (secondary N) is 2. The number of pyridine rings is 1. The van der Waals surface area contributed by atoms with Gasteiger partial charge >= 0.3 is 0 Å². The maximum atomic E-state index is 12.7. The molecule has 0 fully saturated rings. The Morgan fingerprint density at radius 2 is 2.00 bits per heavy atom. The second-order valence-corrected chi connectivity index (χ2v) is 6.65. The maximum absolute atomic E-state index is 12.7. The minimum atomic E-state index is -0.313. The molecule has 0 saturated heterocycles. The zero-order valence-electron chi connectivity index (χ0n) is 15.9. The van der Waals surface area contributed by atoms with Crippen LogP contribution in [0.2, 0.25) is 0 Å². The molecule has 0 saturated carbocycles. The van der Waals surface area contributed by atoms with E-state index >= 15 is 0 Å². The van der Waals surface area contributed by atoms with Crippen molar-refractivity contribution < 1.29 is 14.3 Å². The zero-order chi connectivity index (χ0) is 20.2. The van der Waals surface area contributed by atoms with E-state index in [9.17, 15) is 9.59 Å². The molecule has 29 heavy (non-hydrogen) atoms. The van der Waals surface area contributed by atoms with E-state index in [0.717, 1.165) is 5.56 Å². The summed E-state index contributed by atoms with van der Waals surface area (Å²) in [6.07, 6.45) is 1.49. The van der Waals surface area contributed by atoms with Crippen LogP contribution in [0.25, 0.3) is 0 Å². The van der Waals surface area contributed by atoms with Crippen molar-refractivity contribution in [1.29, 1.82) is 0 Å². The highest BCUT2D eigenvalue weighted by Crippen LogP contribution is 2.27. The molecule has 0 spiro atoms. The SMILES string of the molecule is CN1C(=O)CNc2ncc(C(=O)Nc3cccc(OCc4ccccc4)c3)cc21. The van der Waals surface area contributed by atoms with E-state index < -0.39 is 0 Å². The topological polar surface area (TPSA) is 83.6 Å². The highest BCUT2D eigenvalue weighted by Gasteiger charge is 2.23. The fourth-order valence-electron chi connectivity index (χ4n) is 2.99. The first-order valence-electron chi connectivity index (χ1n) is 9.19. The predicted octanol–water partition coefficient (Wildman–Crippen LogP) is 3.30. The minimum Gasteiger partial charge on any atom is -0.489 e. The van der Waals surface area contributed by atoms with Crippen molar-refractivity contribution >= 4 is 29.0 Å². The molecule has 1 aliphatic rings. The van der Waals surface area contributed by atoms with Gasteiger partial charge in [0.15, 0.2) is 0 Å². The molecular weight excluding hydrogens is 368 g/mol. The second-order valence-electron chi connectivity index (χ2n) is 6.65. The lowest BCUT2D eigenvalue weighted by Crippen LogP contribution is -2.37. The van der Waals surface area contributed by atoms with Gasteiger partial charge in [0.2, 0.25) is 5.91 Å². The van der Waals surface area contributed by atoms with Gasteiger partial charge in [-0.05, 0) is 23.8 Å². The number of carbonyl (C=O) groups is 2. The summed E-state index contributed by atoms with van der Waals surface area (Å²) in [5, 5.41) is 5.79. The molecule has 1 aliphatic heterocycles. The van der Waals surface area contributed by atoms with E-state index in [2.05, 4.69) is 15.6 Å². The number of ether oxygens (including phenoxy) is 1. The van der Waals surface area contributed by atoms with Gasteiger partial charge in [-0.3, -0.25) is 9.59 Å². The number of anilines is 3. The number of rotatable bonds is 5. The van der Waals surface area contributed by atoms with Crippen molar-refractivity contribution in [2.45, 2.75) is 6.61 Å². The first kappa shape index (κ1) is 18.5. The van der Waals surface area contributed by atoms with Crippen molar-refractivity contribution in [3.8, 4) is 5.75 Å². The van der Waals surface area contributed by atoms with Crippen molar-refractivity contribution in [3.05, 3.63) is 78.0 Å². The largest absolute Gasteiger partial charge is 0.489 e. The quantitative estimate of drug-likeness (QED) is 0.701. The molecule has 4 rings (SSSR count). The Balaban J connectivity index is 1.45. The third-order valence-electron chi connectivity index (χ3n) is 4.61. The Morgan fingerprint density at radius 3 is 2.83 bits per heavy atom. The van der Waals surface area contributed by atoms with E-state index in [0.29, 0.717) is 35.1 Å². The van der Waals surface area contributed by atoms with Crippen LogP contribution < -0.4 is 20.3 Å². The fraction of sp³-hybridized carbons (Fsp3) is 0.136. The molecule has 7 nitrogen and oxygen atoms in total. The molecule has 0 unspecified atom stereocenters. The smallest absolute Gasteiger partial charge is 0.257 e. The summed E-state index contributed by atoms with van der Waals surface area (Å²) in [6.45, 7) is 0.637. The minimum absolute atomic E-state index is 0.0832. The summed E-state index contributed by atoms with van der Waals surface area (Å²) in [6, 6.07) is 18.7. The standard InChI is InChI=1S/C22H20N4O3/c1-26-19-10-16(12-23-21(19)24-13-20(26)27)22(28)25-17-8-5-9-18(11-17)29-14-15-6-3-2-4-7-15/h2-12H,13-14H2,1H3,(H,23,24)(H,25,28). The Morgan fingerprint density at radius 1 is 1.17 bits per heavy atom. The van der Waals surface area contributed by atoms with Gasteiger partial charge in [-0.15, -0.1) is 0 Å². The van der Waals surface area contributed by atoms with Gasteiger partial charge in [0.25, 0.3) is 5.91 Å². The molecule has 2 amide bonds. The molecule has 2 N–H and O–H groups in total. The van der Waals surface area contributed by atoms with E-state index in [1.165, 1.54) is 11.1 Å². The number of nitrogens with zero attached hydrogens (tertiary/aromatic N) is 2. The number of aromatic nitrogens is 1. The predicted molar refractivity (Wildman–Crippen MR) is 111 cm³/mol. The molecular formula is C22H20N4O3. The molecule has 0 bridgehead atoms. The number of fused-ring (bicyclic) bond motifs is 1. The Hall–Kier alpha value is -3.87. The summed E-state index contributed by atoms with van der Waals surface area (Å²) < 4.78 is 5.80. The summed E-state index contributed by atoms with van der Waals surface area (Å²) in [7, 11) is 1.67. The van der Waals surface area contributed by atoms with Gasteiger partial charge in [-0.1, -0.05) is 36.4 Å². The van der Waals surface area contributed by atoms with Gasteiger partial charge < -0.3 is 20.3 Å². The summed E-state index contributed by atoms with van der Waals surface area (Å²) >= 11 is 0. The van der Waals surface area contributed by atoms with Gasteiger partial charge in [0.05, 0.1) is 17.8 Å². The number of benzene rings is 2. The number of carbonyl (C=O) groups excluding carboxylic acids is 2. The van der Waals surface area contributed by atoms with Gasteiger partial charge in [0, 0.05) is 25.0 Å². The molecule has 7 heteroatoms. The molecule has 1 aromatic heterocycles. The van der Waals surface area contributed by atoms with Gasteiger partial charge in [-0.2, -0.15) is 0 Å². The average molecular weight is 388 g/mol. The van der Waals surface area contributed by atoms with E-state index in [1.54, 1.807) is 25.2 Å². The van der Waals surface area contributed by atoms with Crippen LogP contribution in [0, 0.1) is 0 Å². The summed E-state index contributed by atoms with van der Waals surface area (Å²) in [5.74, 6) is 0.844. The molecule has 0 aliphatic carbocycles. The van der Waals surface area contributed by atoms with E-state index in [4.69, 9.17) is 4.74 Å². The molecule has 2 aromatic carbocycles. The number of hydrogen-bond acceptors (Lipinski definition) is 5. The highest BCUT2D eigenvalue weighted by molar-refractivity contribution is 6.07. The molecule has 146 valence electrons. The van der Waals surface area contributed by atoms with Crippen LogP contribution in [0.15, 0.2) is 66.9 Å². The van der Waals surface area contributed by atoms with Crippen LogP contribution in [0.1, 0.15) is 15.9 Å². The zero-order valence-corrected chi connectivity index (χ0v) is 15.9. The Labute approximate surface area is 168 Å². The molecule has 0 atom stereocenters. The third kappa shape index (κ3) is 4.19. The van der Waals surface area contributed by atoms with Crippen LogP contribution in [-0.2, 0) is 11.4 Å². The maximum Gasteiger partial charge on any atom is 0.257 e. The number of hydrogen-bond donors (Lipinski definition) is 2. The fourth-order valence-corrected chi connectivity index (χ4v) is 2.99. The second kappa shape index (κ2) is 8.02. The number of likely N-dealkylation sites (N-methyl/N-ethyl adjacent to an activating group) is 1. The van der Waals surface area contributed by atoms with Gasteiger partial charge in [0.1, 0.15) is 18.2 Å². The average Bonchev–Trinajstić information content (AvgIpc) is 2.76. The Kier molecular flexibility index (Phi) is 5.11. The molecule has 2 heterocycles. The van der Waals surface area contributed by atoms with Crippen LogP contribution >= 0.6 is 0 Å². The van der Waals surface area contributed by atoms with Crippen LogP contribution in [0.3, 0.4) is 0 Å². The lowest BCUT2D eigenvalue weighted by atomic mass is 10.2. The van der Waals surface area contributed by atoms with E-state index in [-0.39, 0.29) is 18.4 Å². The first-order valence-corrected chi connectivity index (χ1v) is 9.19. The van der Waals surface area contributed by atoms with E-state index in [1.807, 2.05) is 42.5 Å². The van der Waals surface area contributed by atoms with Gasteiger partial charge in [-0.25, -0.2) is 4.98 Å². The van der Waals surface area contributed by atoms with Crippen LogP contribution in [0.5, 0.6) is 5.75 Å².